The molecule has 0 spiro atoms. The number of fused-ring (bicyclic) bond motifs is 4. The van der Waals surface area contributed by atoms with E-state index in [0.717, 1.165) is 66.5 Å². The number of esters is 1. The minimum absolute atomic E-state index is 0.0333. The standard InChI is InChI=1S/C45H67NO4S3Si/c1-9-14-22-33(12-4)28-54(29-34(13-5)23-15-10-2)36-26-31(7)51-41(36)42-37(54)27-35(53-42)40-39-38(32(8)52-40)43(47)46(44(39)48)24-20-18-16-17-19-21-25-50-45(49)30(6)11-3/h26-27,30,33-34H,9-25,28-29H2,1-8H3. The zero-order valence-corrected chi connectivity index (χ0v) is 38.1. The molecule has 3 aromatic heterocycles. The SMILES string of the molecule is CCCCC(CC)C[Si]1(CC(CC)CCCC)c2cc(C)sc2-c2sc(-c3sc(C)c4c3C(=O)N(CCCCCCCCOC(=O)C(C)CC)C4=O)cc21. The molecule has 2 aliphatic heterocycles. The Labute approximate surface area is 339 Å². The molecule has 0 saturated carbocycles. The van der Waals surface area contributed by atoms with Crippen molar-refractivity contribution in [3.63, 3.8) is 0 Å². The molecule has 3 unspecified atom stereocenters. The first-order valence-electron chi connectivity index (χ1n) is 21.5. The van der Waals surface area contributed by atoms with Gasteiger partial charge < -0.3 is 4.74 Å². The molecule has 0 fully saturated rings. The first kappa shape index (κ1) is 43.1. The summed E-state index contributed by atoms with van der Waals surface area (Å²) in [6.45, 7) is 18.7. The van der Waals surface area contributed by atoms with Crippen LogP contribution in [-0.2, 0) is 9.53 Å². The molecule has 5 heterocycles. The van der Waals surface area contributed by atoms with Crippen LogP contribution >= 0.6 is 34.0 Å². The Hall–Kier alpha value is -2.07. The van der Waals surface area contributed by atoms with Crippen molar-refractivity contribution < 1.29 is 19.1 Å². The van der Waals surface area contributed by atoms with Crippen LogP contribution in [0.4, 0.5) is 0 Å². The number of ether oxygens (including phenoxy) is 1. The summed E-state index contributed by atoms with van der Waals surface area (Å²) in [6, 6.07) is 7.77. The number of imide groups is 1. The molecule has 3 atom stereocenters. The van der Waals surface area contributed by atoms with Gasteiger partial charge in [0, 0.05) is 30.9 Å². The third-order valence-corrected chi connectivity index (χ3v) is 21.8. The molecule has 298 valence electrons. The molecule has 2 aliphatic rings. The largest absolute Gasteiger partial charge is 0.465 e. The lowest BCUT2D eigenvalue weighted by Crippen LogP contribution is -2.56. The molecule has 0 aliphatic carbocycles. The number of unbranched alkanes of at least 4 members (excludes halogenated alkanes) is 7. The van der Waals surface area contributed by atoms with Gasteiger partial charge in [-0.3, -0.25) is 19.3 Å². The molecule has 0 aromatic carbocycles. The van der Waals surface area contributed by atoms with Crippen LogP contribution in [0.5, 0.6) is 0 Å². The summed E-state index contributed by atoms with van der Waals surface area (Å²) in [6.07, 6.45) is 16.8. The zero-order chi connectivity index (χ0) is 39.0. The molecule has 5 nitrogen and oxygen atoms in total. The molecule has 54 heavy (non-hydrogen) atoms. The van der Waals surface area contributed by atoms with Crippen LogP contribution < -0.4 is 10.4 Å². The van der Waals surface area contributed by atoms with Crippen molar-refractivity contribution in [2.45, 2.75) is 164 Å². The first-order valence-corrected chi connectivity index (χ1v) is 26.3. The van der Waals surface area contributed by atoms with E-state index in [-0.39, 0.29) is 23.7 Å². The lowest BCUT2D eigenvalue weighted by Gasteiger charge is -2.35. The molecule has 9 heteroatoms. The number of aryl methyl sites for hydroxylation is 2. The quantitative estimate of drug-likeness (QED) is 0.0391. The lowest BCUT2D eigenvalue weighted by atomic mass is 10.0. The second-order valence-corrected chi connectivity index (χ2v) is 24.0. The van der Waals surface area contributed by atoms with E-state index < -0.39 is 8.07 Å². The van der Waals surface area contributed by atoms with Crippen molar-refractivity contribution in [2.75, 3.05) is 13.2 Å². The van der Waals surface area contributed by atoms with E-state index in [2.05, 4.69) is 46.8 Å². The van der Waals surface area contributed by atoms with E-state index in [0.29, 0.717) is 24.3 Å². The Morgan fingerprint density at radius 2 is 1.28 bits per heavy atom. The molecule has 3 aromatic rings. The molecule has 0 N–H and O–H groups in total. The van der Waals surface area contributed by atoms with E-state index in [9.17, 15) is 14.4 Å². The maximum Gasteiger partial charge on any atom is 0.308 e. The number of carbonyl (C=O) groups is 3. The zero-order valence-electron chi connectivity index (χ0n) is 34.6. The van der Waals surface area contributed by atoms with Gasteiger partial charge in [-0.25, -0.2) is 0 Å². The number of amides is 2. The Kier molecular flexibility index (Phi) is 15.8. The second kappa shape index (κ2) is 19.9. The Bertz CT molecular complexity index is 1720. The van der Waals surface area contributed by atoms with E-state index in [4.69, 9.17) is 4.74 Å². The van der Waals surface area contributed by atoms with Gasteiger partial charge >= 0.3 is 5.97 Å². The van der Waals surface area contributed by atoms with Crippen molar-refractivity contribution in [1.29, 1.82) is 0 Å². The third-order valence-electron chi connectivity index (χ3n) is 12.4. The summed E-state index contributed by atoms with van der Waals surface area (Å²) in [5.41, 5.74) is 1.31. The predicted molar refractivity (Wildman–Crippen MR) is 235 cm³/mol. The fourth-order valence-corrected chi connectivity index (χ4v) is 20.5. The number of thiophene rings is 3. The minimum atomic E-state index is -2.10. The van der Waals surface area contributed by atoms with Crippen LogP contribution in [0.15, 0.2) is 12.1 Å². The van der Waals surface area contributed by atoms with Crippen LogP contribution in [-0.4, -0.2) is 43.9 Å². The van der Waals surface area contributed by atoms with Gasteiger partial charge in [-0.15, -0.1) is 34.0 Å². The highest BCUT2D eigenvalue weighted by Crippen LogP contribution is 2.50. The van der Waals surface area contributed by atoms with E-state index >= 15 is 0 Å². The number of carbonyl (C=O) groups excluding carboxylic acids is 3. The van der Waals surface area contributed by atoms with Crippen molar-refractivity contribution in [3.05, 3.63) is 33.0 Å². The van der Waals surface area contributed by atoms with E-state index in [1.54, 1.807) is 21.7 Å². The van der Waals surface area contributed by atoms with Crippen molar-refractivity contribution in [1.82, 2.24) is 4.90 Å². The fourth-order valence-electron chi connectivity index (χ4n) is 8.91. The molecule has 5 rings (SSSR count). The predicted octanol–water partition coefficient (Wildman–Crippen LogP) is 12.7. The summed E-state index contributed by atoms with van der Waals surface area (Å²) >= 11 is 5.55. The molecular formula is C45H67NO4S3Si. The van der Waals surface area contributed by atoms with Crippen LogP contribution in [0.2, 0.25) is 12.1 Å². The summed E-state index contributed by atoms with van der Waals surface area (Å²) in [4.78, 5) is 49.0. The third kappa shape index (κ3) is 9.21. The van der Waals surface area contributed by atoms with Crippen LogP contribution in [0.25, 0.3) is 19.5 Å². The smallest absolute Gasteiger partial charge is 0.308 e. The van der Waals surface area contributed by atoms with Gasteiger partial charge in [-0.05, 0) is 79.5 Å². The van der Waals surface area contributed by atoms with Crippen molar-refractivity contribution in [2.24, 2.45) is 17.8 Å². The molecular weight excluding hydrogens is 743 g/mol. The number of nitrogens with zero attached hydrogens (tertiary/aromatic N) is 1. The second-order valence-electron chi connectivity index (χ2n) is 16.4. The average molecular weight is 810 g/mol. The molecule has 2 amide bonds. The summed E-state index contributed by atoms with van der Waals surface area (Å²) in [5.74, 6) is 1.14. The maximum absolute atomic E-state index is 14.1. The van der Waals surface area contributed by atoms with Crippen molar-refractivity contribution in [3.8, 4) is 19.5 Å². The fraction of sp³-hybridized carbons (Fsp3) is 0.667. The van der Waals surface area contributed by atoms with Gasteiger partial charge in [0.15, 0.2) is 0 Å². The normalized spacial score (nSPS) is 17.9. The van der Waals surface area contributed by atoms with Gasteiger partial charge in [0.1, 0.15) is 8.07 Å². The minimum Gasteiger partial charge on any atom is -0.465 e. The first-order chi connectivity index (χ1) is 26.0. The number of hydrogen-bond acceptors (Lipinski definition) is 7. The Morgan fingerprint density at radius 1 is 0.704 bits per heavy atom. The van der Waals surface area contributed by atoms with Gasteiger partial charge in [0.25, 0.3) is 11.8 Å². The highest BCUT2D eigenvalue weighted by atomic mass is 32.1. The molecule has 0 bridgehead atoms. The highest BCUT2D eigenvalue weighted by molar-refractivity contribution is 7.32. The maximum atomic E-state index is 14.1. The summed E-state index contributed by atoms with van der Waals surface area (Å²) in [5, 5.41) is 3.34. The van der Waals surface area contributed by atoms with Crippen molar-refractivity contribution >= 4 is 70.2 Å². The van der Waals surface area contributed by atoms with Crippen LogP contribution in [0, 0.1) is 31.6 Å². The number of rotatable bonds is 24. The molecule has 0 radical (unpaired) electrons. The summed E-state index contributed by atoms with van der Waals surface area (Å²) in [7, 11) is -2.10. The number of hydrogen-bond donors (Lipinski definition) is 0. The topological polar surface area (TPSA) is 63.7 Å². The Morgan fingerprint density at radius 3 is 1.89 bits per heavy atom. The monoisotopic (exact) mass is 809 g/mol. The lowest BCUT2D eigenvalue weighted by molar-refractivity contribution is -0.148. The van der Waals surface area contributed by atoms with Crippen LogP contribution in [0.1, 0.15) is 168 Å². The van der Waals surface area contributed by atoms with Gasteiger partial charge in [0.2, 0.25) is 0 Å². The van der Waals surface area contributed by atoms with Gasteiger partial charge in [-0.1, -0.05) is 119 Å². The van der Waals surface area contributed by atoms with Crippen LogP contribution in [0.3, 0.4) is 0 Å². The van der Waals surface area contributed by atoms with Gasteiger partial charge in [-0.2, -0.15) is 0 Å². The summed E-state index contributed by atoms with van der Waals surface area (Å²) < 4.78 is 5.38. The highest BCUT2D eigenvalue weighted by Gasteiger charge is 2.50. The van der Waals surface area contributed by atoms with E-state index in [1.165, 1.54) is 87.9 Å². The Balaban J connectivity index is 1.35. The molecule has 0 saturated heterocycles. The average Bonchev–Trinajstić information content (AvgIpc) is 3.96. The van der Waals surface area contributed by atoms with E-state index in [1.807, 2.05) is 43.4 Å². The van der Waals surface area contributed by atoms with Gasteiger partial charge in [0.05, 0.1) is 28.5 Å².